The summed E-state index contributed by atoms with van der Waals surface area (Å²) in [4.78, 5) is 23.6. The Labute approximate surface area is 187 Å². The number of hydrogen-bond donors (Lipinski definition) is 1. The molecule has 3 aromatic rings. The zero-order valence-electron chi connectivity index (χ0n) is 16.1. The normalized spacial score (nSPS) is 13.9. The highest BCUT2D eigenvalue weighted by Crippen LogP contribution is 2.35. The summed E-state index contributed by atoms with van der Waals surface area (Å²) in [6, 6.07) is 11.1. The molecule has 1 aliphatic heterocycles. The summed E-state index contributed by atoms with van der Waals surface area (Å²) in [5.74, 6) is 0.0108. The van der Waals surface area contributed by atoms with E-state index >= 15 is 0 Å². The fourth-order valence-electron chi connectivity index (χ4n) is 3.40. The monoisotopic (exact) mass is 462 g/mol. The average Bonchev–Trinajstić information content (AvgIpc) is 2.77. The van der Waals surface area contributed by atoms with Gasteiger partial charge in [-0.25, -0.2) is 14.4 Å². The molecule has 8 nitrogen and oxygen atoms in total. The first-order valence-corrected chi connectivity index (χ1v) is 10.1. The van der Waals surface area contributed by atoms with Gasteiger partial charge in [0, 0.05) is 37.6 Å². The van der Waals surface area contributed by atoms with Crippen molar-refractivity contribution in [3.05, 3.63) is 74.8 Å². The molecule has 0 atom stereocenters. The second-order valence-electron chi connectivity index (χ2n) is 6.86. The van der Waals surface area contributed by atoms with Gasteiger partial charge in [-0.2, -0.15) is 0 Å². The molecule has 2 aromatic carbocycles. The fourth-order valence-corrected chi connectivity index (χ4v) is 3.70. The van der Waals surface area contributed by atoms with Gasteiger partial charge < -0.3 is 15.1 Å². The van der Waals surface area contributed by atoms with Crippen LogP contribution in [0.5, 0.6) is 0 Å². The molecule has 1 N–H and O–H groups in total. The largest absolute Gasteiger partial charge is 0.368 e. The van der Waals surface area contributed by atoms with Crippen LogP contribution in [0.15, 0.2) is 48.8 Å². The molecule has 1 aliphatic rings. The molecular weight excluding hydrogens is 446 g/mol. The van der Waals surface area contributed by atoms with Crippen molar-refractivity contribution in [2.24, 2.45) is 0 Å². The van der Waals surface area contributed by atoms with Crippen LogP contribution in [0.2, 0.25) is 10.0 Å². The third-order valence-electron chi connectivity index (χ3n) is 4.94. The van der Waals surface area contributed by atoms with E-state index in [0.717, 1.165) is 5.69 Å². The summed E-state index contributed by atoms with van der Waals surface area (Å²) in [6.45, 7) is 2.26. The summed E-state index contributed by atoms with van der Waals surface area (Å²) in [6.07, 6.45) is 1.29. The fraction of sp³-hybridized carbons (Fsp3) is 0.200. The molecule has 0 spiro atoms. The van der Waals surface area contributed by atoms with Crippen LogP contribution in [0.25, 0.3) is 0 Å². The van der Waals surface area contributed by atoms with Crippen molar-refractivity contribution in [3.63, 3.8) is 0 Å². The first-order chi connectivity index (χ1) is 14.9. The van der Waals surface area contributed by atoms with E-state index in [9.17, 15) is 14.5 Å². The van der Waals surface area contributed by atoms with Crippen LogP contribution in [0.1, 0.15) is 0 Å². The van der Waals surface area contributed by atoms with Crippen LogP contribution in [-0.4, -0.2) is 41.1 Å². The number of hydrogen-bond acceptors (Lipinski definition) is 7. The number of aromatic nitrogens is 2. The minimum absolute atomic E-state index is 0.0642. The van der Waals surface area contributed by atoms with E-state index in [0.29, 0.717) is 41.9 Å². The van der Waals surface area contributed by atoms with Gasteiger partial charge in [0.2, 0.25) is 11.6 Å². The molecule has 1 fully saturated rings. The van der Waals surface area contributed by atoms with Crippen LogP contribution >= 0.6 is 23.2 Å². The first kappa shape index (κ1) is 21.1. The van der Waals surface area contributed by atoms with E-state index in [4.69, 9.17) is 23.2 Å². The molecule has 0 aliphatic carbocycles. The Hall–Kier alpha value is -3.17. The summed E-state index contributed by atoms with van der Waals surface area (Å²) in [7, 11) is 0. The molecule has 0 bridgehead atoms. The van der Waals surface area contributed by atoms with Gasteiger partial charge in [-0.05, 0) is 42.5 Å². The predicted octanol–water partition coefficient (Wildman–Crippen LogP) is 4.90. The lowest BCUT2D eigenvalue weighted by Gasteiger charge is -2.36. The molecule has 11 heteroatoms. The molecule has 0 unspecified atom stereocenters. The third-order valence-corrected chi connectivity index (χ3v) is 5.68. The maximum Gasteiger partial charge on any atom is 0.353 e. The highest BCUT2D eigenvalue weighted by atomic mass is 35.5. The van der Waals surface area contributed by atoms with Gasteiger partial charge >= 0.3 is 5.69 Å². The van der Waals surface area contributed by atoms with Crippen molar-refractivity contribution in [1.82, 2.24) is 9.97 Å². The number of anilines is 4. The van der Waals surface area contributed by atoms with Gasteiger partial charge in [0.15, 0.2) is 0 Å². The second kappa shape index (κ2) is 8.91. The Kier molecular flexibility index (Phi) is 6.06. The Morgan fingerprint density at radius 2 is 1.65 bits per heavy atom. The van der Waals surface area contributed by atoms with Gasteiger partial charge in [-0.1, -0.05) is 23.2 Å². The first-order valence-electron chi connectivity index (χ1n) is 9.39. The van der Waals surface area contributed by atoms with E-state index in [1.54, 1.807) is 30.3 Å². The summed E-state index contributed by atoms with van der Waals surface area (Å²) in [5, 5.41) is 15.5. The number of nitro groups is 1. The minimum atomic E-state index is -0.498. The second-order valence-corrected chi connectivity index (χ2v) is 7.67. The zero-order chi connectivity index (χ0) is 22.0. The lowest BCUT2D eigenvalue weighted by molar-refractivity contribution is -0.383. The smallest absolute Gasteiger partial charge is 0.353 e. The van der Waals surface area contributed by atoms with Crippen LogP contribution in [0.3, 0.4) is 0 Å². The molecular formula is C20H17Cl2FN6O2. The van der Waals surface area contributed by atoms with Crippen LogP contribution in [0, 0.1) is 15.9 Å². The summed E-state index contributed by atoms with van der Waals surface area (Å²) < 4.78 is 13.2. The predicted molar refractivity (Wildman–Crippen MR) is 119 cm³/mol. The topological polar surface area (TPSA) is 87.4 Å². The SMILES string of the molecule is O=[N+]([O-])c1c(Nc2ccc(Cl)c(Cl)c2)ncnc1N1CCN(c2ccc(F)cc2)CC1. The minimum Gasteiger partial charge on any atom is -0.368 e. The van der Waals surface area contributed by atoms with E-state index in [1.165, 1.54) is 18.5 Å². The zero-order valence-corrected chi connectivity index (χ0v) is 17.6. The molecule has 0 amide bonds. The van der Waals surface area contributed by atoms with Gasteiger partial charge in [0.05, 0.1) is 15.0 Å². The van der Waals surface area contributed by atoms with Gasteiger partial charge in [0.1, 0.15) is 12.1 Å². The van der Waals surface area contributed by atoms with Crippen molar-refractivity contribution in [2.45, 2.75) is 0 Å². The number of nitrogens with one attached hydrogen (secondary N) is 1. The van der Waals surface area contributed by atoms with Crippen LogP contribution < -0.4 is 15.1 Å². The molecule has 1 saturated heterocycles. The van der Waals surface area contributed by atoms with Crippen LogP contribution in [0.4, 0.5) is 33.1 Å². The van der Waals surface area contributed by atoms with Crippen molar-refractivity contribution in [1.29, 1.82) is 0 Å². The number of benzene rings is 2. The van der Waals surface area contributed by atoms with Gasteiger partial charge in [-0.3, -0.25) is 10.1 Å². The van der Waals surface area contributed by atoms with Crippen molar-refractivity contribution >= 4 is 51.9 Å². The molecule has 0 saturated carbocycles. The van der Waals surface area contributed by atoms with E-state index in [1.807, 2.05) is 4.90 Å². The van der Waals surface area contributed by atoms with Crippen molar-refractivity contribution < 1.29 is 9.31 Å². The number of halogens is 3. The highest BCUT2D eigenvalue weighted by molar-refractivity contribution is 6.42. The van der Waals surface area contributed by atoms with Crippen molar-refractivity contribution in [2.75, 3.05) is 41.3 Å². The lowest BCUT2D eigenvalue weighted by Crippen LogP contribution is -2.47. The molecule has 2 heterocycles. The number of nitrogens with zero attached hydrogens (tertiary/aromatic N) is 5. The molecule has 0 radical (unpaired) electrons. The molecule has 1 aromatic heterocycles. The summed E-state index contributed by atoms with van der Waals surface area (Å²) >= 11 is 12.0. The lowest BCUT2D eigenvalue weighted by atomic mass is 10.2. The van der Waals surface area contributed by atoms with E-state index in [-0.39, 0.29) is 23.1 Å². The third kappa shape index (κ3) is 4.62. The Bertz CT molecular complexity index is 1110. The number of piperazine rings is 1. The number of rotatable bonds is 5. The van der Waals surface area contributed by atoms with E-state index in [2.05, 4.69) is 20.2 Å². The quantitative estimate of drug-likeness (QED) is 0.425. The molecule has 4 rings (SSSR count). The van der Waals surface area contributed by atoms with Gasteiger partial charge in [0.25, 0.3) is 0 Å². The average molecular weight is 463 g/mol. The Morgan fingerprint density at radius 1 is 0.968 bits per heavy atom. The highest BCUT2D eigenvalue weighted by Gasteiger charge is 2.29. The maximum absolute atomic E-state index is 13.2. The van der Waals surface area contributed by atoms with Crippen molar-refractivity contribution in [3.8, 4) is 0 Å². The van der Waals surface area contributed by atoms with E-state index < -0.39 is 4.92 Å². The molecule has 31 heavy (non-hydrogen) atoms. The molecule has 160 valence electrons. The summed E-state index contributed by atoms with van der Waals surface area (Å²) in [5.41, 5.74) is 1.20. The maximum atomic E-state index is 13.2. The van der Waals surface area contributed by atoms with Gasteiger partial charge in [-0.15, -0.1) is 0 Å². The van der Waals surface area contributed by atoms with Crippen LogP contribution in [-0.2, 0) is 0 Å². The standard InChI is InChI=1S/C20H17Cl2FN6O2/c21-16-6-3-14(11-17(16)22)26-19-18(29(30)31)20(25-12-24-19)28-9-7-27(8-10-28)15-4-1-13(23)2-5-15/h1-6,11-12H,7-10H2,(H,24,25,26). The Morgan fingerprint density at radius 3 is 2.29 bits per heavy atom. The Balaban J connectivity index is 1.56.